The predicted molar refractivity (Wildman–Crippen MR) is 82.0 cm³/mol. The first-order valence-corrected chi connectivity index (χ1v) is 8.79. The third-order valence-corrected chi connectivity index (χ3v) is 4.99. The number of hydrogen-bond acceptors (Lipinski definition) is 4. The highest BCUT2D eigenvalue weighted by molar-refractivity contribution is 7.91. The van der Waals surface area contributed by atoms with Gasteiger partial charge in [0, 0.05) is 6.04 Å². The van der Waals surface area contributed by atoms with E-state index in [-0.39, 0.29) is 11.8 Å². The molecule has 0 aromatic heterocycles. The van der Waals surface area contributed by atoms with Crippen LogP contribution in [0.2, 0.25) is 0 Å². The van der Waals surface area contributed by atoms with Gasteiger partial charge in [0.05, 0.1) is 17.8 Å². The molecule has 4 nitrogen and oxygen atoms in total. The van der Waals surface area contributed by atoms with E-state index in [1.807, 2.05) is 0 Å². The summed E-state index contributed by atoms with van der Waals surface area (Å²) in [6.07, 6.45) is 2.84. The Morgan fingerprint density at radius 2 is 1.80 bits per heavy atom. The van der Waals surface area contributed by atoms with E-state index in [4.69, 9.17) is 4.74 Å². The van der Waals surface area contributed by atoms with Crippen LogP contribution in [0.15, 0.2) is 29.2 Å². The molecule has 0 aliphatic rings. The quantitative estimate of drug-likeness (QED) is 0.761. The summed E-state index contributed by atoms with van der Waals surface area (Å²) in [5.41, 5.74) is 0. The van der Waals surface area contributed by atoms with Gasteiger partial charge >= 0.3 is 0 Å². The fourth-order valence-corrected chi connectivity index (χ4v) is 3.64. The molecule has 1 rings (SSSR count). The van der Waals surface area contributed by atoms with E-state index in [0.29, 0.717) is 10.6 Å². The molecule has 1 aromatic carbocycles. The maximum absolute atomic E-state index is 12.4. The Bertz CT molecular complexity index is 482. The third-order valence-electron chi connectivity index (χ3n) is 3.16. The molecule has 1 unspecified atom stereocenters. The SMILES string of the molecule is CCCNC(CCC)CS(=O)(=O)c1ccc(OC)cc1. The van der Waals surface area contributed by atoms with Crippen molar-refractivity contribution in [1.82, 2.24) is 5.32 Å². The number of ether oxygens (including phenoxy) is 1. The molecule has 0 fully saturated rings. The normalized spacial score (nSPS) is 13.2. The standard InChI is InChI=1S/C15H25NO3S/c1-4-6-13(16-11-5-2)12-20(17,18)15-9-7-14(19-3)8-10-15/h7-10,13,16H,4-6,11-12H2,1-3H3. The predicted octanol–water partition coefficient (Wildman–Crippen LogP) is 2.64. The van der Waals surface area contributed by atoms with Gasteiger partial charge in [0.15, 0.2) is 9.84 Å². The number of methoxy groups -OCH3 is 1. The molecular weight excluding hydrogens is 274 g/mol. The van der Waals surface area contributed by atoms with Gasteiger partial charge in [-0.15, -0.1) is 0 Å². The average molecular weight is 299 g/mol. The summed E-state index contributed by atoms with van der Waals surface area (Å²) in [6.45, 7) is 5.00. The van der Waals surface area contributed by atoms with E-state index in [2.05, 4.69) is 19.2 Å². The van der Waals surface area contributed by atoms with Gasteiger partial charge in [-0.25, -0.2) is 8.42 Å². The van der Waals surface area contributed by atoms with Crippen LogP contribution in [-0.2, 0) is 9.84 Å². The lowest BCUT2D eigenvalue weighted by Crippen LogP contribution is -2.36. The summed E-state index contributed by atoms with van der Waals surface area (Å²) in [5, 5.41) is 3.31. The molecule has 0 heterocycles. The minimum absolute atomic E-state index is 0.0204. The summed E-state index contributed by atoms with van der Waals surface area (Å²) in [6, 6.07) is 6.60. The summed E-state index contributed by atoms with van der Waals surface area (Å²) < 4.78 is 29.8. The number of sulfone groups is 1. The van der Waals surface area contributed by atoms with Crippen molar-refractivity contribution in [2.45, 2.75) is 44.0 Å². The molecule has 1 atom stereocenters. The molecule has 1 aromatic rings. The van der Waals surface area contributed by atoms with Gasteiger partial charge in [-0.2, -0.15) is 0 Å². The van der Waals surface area contributed by atoms with Crippen molar-refractivity contribution >= 4 is 9.84 Å². The molecular formula is C15H25NO3S. The second-order valence-electron chi connectivity index (χ2n) is 4.90. The van der Waals surface area contributed by atoms with Crippen LogP contribution in [0, 0.1) is 0 Å². The molecule has 0 aliphatic heterocycles. The van der Waals surface area contributed by atoms with Gasteiger partial charge in [-0.3, -0.25) is 0 Å². The second kappa shape index (κ2) is 8.27. The third kappa shape index (κ3) is 5.13. The Labute approximate surface area is 122 Å². The van der Waals surface area contributed by atoms with Gasteiger partial charge in [-0.1, -0.05) is 20.3 Å². The van der Waals surface area contributed by atoms with E-state index < -0.39 is 9.84 Å². The van der Waals surface area contributed by atoms with E-state index in [0.717, 1.165) is 25.8 Å². The van der Waals surface area contributed by atoms with Gasteiger partial charge in [0.25, 0.3) is 0 Å². The maximum Gasteiger partial charge on any atom is 0.179 e. The summed E-state index contributed by atoms with van der Waals surface area (Å²) in [4.78, 5) is 0.359. The monoisotopic (exact) mass is 299 g/mol. The van der Waals surface area contributed by atoms with Crippen molar-refractivity contribution in [2.75, 3.05) is 19.4 Å². The van der Waals surface area contributed by atoms with Crippen molar-refractivity contribution in [3.8, 4) is 5.75 Å². The lowest BCUT2D eigenvalue weighted by molar-refractivity contribution is 0.414. The first-order valence-electron chi connectivity index (χ1n) is 7.13. The van der Waals surface area contributed by atoms with Crippen molar-refractivity contribution in [3.05, 3.63) is 24.3 Å². The highest BCUT2D eigenvalue weighted by atomic mass is 32.2. The molecule has 0 bridgehead atoms. The molecule has 0 saturated heterocycles. The molecule has 0 amide bonds. The summed E-state index contributed by atoms with van der Waals surface area (Å²) in [7, 11) is -1.69. The largest absolute Gasteiger partial charge is 0.497 e. The Kier molecular flexibility index (Phi) is 7.02. The van der Waals surface area contributed by atoms with Gasteiger partial charge in [0.1, 0.15) is 5.75 Å². The number of rotatable bonds is 9. The molecule has 20 heavy (non-hydrogen) atoms. The smallest absolute Gasteiger partial charge is 0.179 e. The first-order chi connectivity index (χ1) is 9.53. The van der Waals surface area contributed by atoms with Crippen LogP contribution in [-0.4, -0.2) is 33.9 Å². The number of nitrogens with one attached hydrogen (secondary N) is 1. The minimum Gasteiger partial charge on any atom is -0.497 e. The molecule has 0 radical (unpaired) electrons. The van der Waals surface area contributed by atoms with Crippen molar-refractivity contribution in [1.29, 1.82) is 0 Å². The van der Waals surface area contributed by atoms with Crippen LogP contribution in [0.25, 0.3) is 0 Å². The zero-order chi connectivity index (χ0) is 15.0. The van der Waals surface area contributed by atoms with Gasteiger partial charge in [-0.05, 0) is 43.7 Å². The first kappa shape index (κ1) is 17.0. The molecule has 0 saturated carbocycles. The molecule has 1 N–H and O–H groups in total. The van der Waals surface area contributed by atoms with Crippen LogP contribution in [0.1, 0.15) is 33.1 Å². The molecule has 5 heteroatoms. The average Bonchev–Trinajstić information content (AvgIpc) is 2.45. The Morgan fingerprint density at radius 3 is 2.30 bits per heavy atom. The minimum atomic E-state index is -3.26. The lowest BCUT2D eigenvalue weighted by atomic mass is 10.2. The van der Waals surface area contributed by atoms with Crippen LogP contribution in [0.3, 0.4) is 0 Å². The fourth-order valence-electron chi connectivity index (χ4n) is 2.09. The van der Waals surface area contributed by atoms with E-state index >= 15 is 0 Å². The van der Waals surface area contributed by atoms with Crippen LogP contribution in [0.5, 0.6) is 5.75 Å². The molecule has 0 aliphatic carbocycles. The highest BCUT2D eigenvalue weighted by Gasteiger charge is 2.20. The summed E-state index contributed by atoms with van der Waals surface area (Å²) in [5.74, 6) is 0.811. The van der Waals surface area contributed by atoms with E-state index in [1.165, 1.54) is 0 Å². The van der Waals surface area contributed by atoms with E-state index in [1.54, 1.807) is 31.4 Å². The van der Waals surface area contributed by atoms with Crippen molar-refractivity contribution in [2.24, 2.45) is 0 Å². The van der Waals surface area contributed by atoms with Crippen LogP contribution >= 0.6 is 0 Å². The second-order valence-corrected chi connectivity index (χ2v) is 6.93. The van der Waals surface area contributed by atoms with Crippen molar-refractivity contribution in [3.63, 3.8) is 0 Å². The maximum atomic E-state index is 12.4. The van der Waals surface area contributed by atoms with Gasteiger partial charge < -0.3 is 10.1 Å². The fraction of sp³-hybridized carbons (Fsp3) is 0.600. The summed E-state index contributed by atoms with van der Waals surface area (Å²) >= 11 is 0. The Hall–Kier alpha value is -1.07. The van der Waals surface area contributed by atoms with Crippen LogP contribution < -0.4 is 10.1 Å². The Morgan fingerprint density at radius 1 is 1.15 bits per heavy atom. The molecule has 0 spiro atoms. The van der Waals surface area contributed by atoms with Gasteiger partial charge in [0.2, 0.25) is 0 Å². The Balaban J connectivity index is 2.79. The molecule has 114 valence electrons. The van der Waals surface area contributed by atoms with Crippen LogP contribution in [0.4, 0.5) is 0 Å². The lowest BCUT2D eigenvalue weighted by Gasteiger charge is -2.18. The highest BCUT2D eigenvalue weighted by Crippen LogP contribution is 2.18. The number of benzene rings is 1. The van der Waals surface area contributed by atoms with Crippen molar-refractivity contribution < 1.29 is 13.2 Å². The zero-order valence-electron chi connectivity index (χ0n) is 12.6. The topological polar surface area (TPSA) is 55.4 Å². The van der Waals surface area contributed by atoms with E-state index in [9.17, 15) is 8.42 Å². The number of hydrogen-bond donors (Lipinski definition) is 1. The zero-order valence-corrected chi connectivity index (χ0v) is 13.4.